The Morgan fingerprint density at radius 3 is 1.97 bits per heavy atom. The zero-order chi connectivity index (χ0) is 21.6. The van der Waals surface area contributed by atoms with E-state index < -0.39 is 6.10 Å². The number of ether oxygens (including phenoxy) is 1. The van der Waals surface area contributed by atoms with Crippen molar-refractivity contribution < 1.29 is 9.53 Å². The number of carbonyl (C=O) groups excluding carboxylic acids is 1. The van der Waals surface area contributed by atoms with Gasteiger partial charge in [0.2, 0.25) is 0 Å². The highest BCUT2D eigenvalue weighted by atomic mass is 79.9. The van der Waals surface area contributed by atoms with Crippen molar-refractivity contribution >= 4 is 21.8 Å². The number of nitrogens with zero attached hydrogens (tertiary/aromatic N) is 2. The molecular formula is C26H27BrN2O2. The lowest BCUT2D eigenvalue weighted by atomic mass is 9.96. The van der Waals surface area contributed by atoms with Gasteiger partial charge in [-0.2, -0.15) is 0 Å². The lowest BCUT2D eigenvalue weighted by Crippen LogP contribution is -2.52. The van der Waals surface area contributed by atoms with Crippen LogP contribution in [0.25, 0.3) is 0 Å². The number of amides is 1. The second-order valence-electron chi connectivity index (χ2n) is 7.80. The minimum Gasteiger partial charge on any atom is -0.481 e. The van der Waals surface area contributed by atoms with E-state index in [1.165, 1.54) is 11.1 Å². The van der Waals surface area contributed by atoms with E-state index in [2.05, 4.69) is 69.4 Å². The van der Waals surface area contributed by atoms with Gasteiger partial charge in [-0.1, -0.05) is 76.6 Å². The van der Waals surface area contributed by atoms with Crippen LogP contribution in [0.1, 0.15) is 24.1 Å². The summed E-state index contributed by atoms with van der Waals surface area (Å²) in [6.45, 7) is 4.86. The first kappa shape index (κ1) is 21.6. The molecule has 1 saturated heterocycles. The van der Waals surface area contributed by atoms with Gasteiger partial charge in [0.1, 0.15) is 5.75 Å². The normalized spacial score (nSPS) is 16.5. The van der Waals surface area contributed by atoms with Gasteiger partial charge in [0.15, 0.2) is 6.10 Å². The zero-order valence-corrected chi connectivity index (χ0v) is 19.2. The maximum Gasteiger partial charge on any atom is 0.263 e. The first-order valence-corrected chi connectivity index (χ1v) is 11.5. The van der Waals surface area contributed by atoms with E-state index >= 15 is 0 Å². The molecule has 0 bridgehead atoms. The number of hydrogen-bond acceptors (Lipinski definition) is 3. The molecule has 160 valence electrons. The molecule has 0 radical (unpaired) electrons. The van der Waals surface area contributed by atoms with Crippen molar-refractivity contribution in [2.24, 2.45) is 0 Å². The number of para-hydroxylation sites is 1. The van der Waals surface area contributed by atoms with E-state index in [1.54, 1.807) is 0 Å². The summed E-state index contributed by atoms with van der Waals surface area (Å²) in [5.74, 6) is 0.768. The van der Waals surface area contributed by atoms with Crippen LogP contribution in [0, 0.1) is 0 Å². The summed E-state index contributed by atoms with van der Waals surface area (Å²) in [6, 6.07) is 28.8. The summed E-state index contributed by atoms with van der Waals surface area (Å²) in [6.07, 6.45) is -0.495. The van der Waals surface area contributed by atoms with Gasteiger partial charge in [-0.25, -0.2) is 0 Å². The van der Waals surface area contributed by atoms with Crippen LogP contribution < -0.4 is 4.74 Å². The second kappa shape index (κ2) is 10.1. The highest BCUT2D eigenvalue weighted by molar-refractivity contribution is 9.10. The maximum atomic E-state index is 12.9. The van der Waals surface area contributed by atoms with Crippen LogP contribution in [0.3, 0.4) is 0 Å². The van der Waals surface area contributed by atoms with Crippen molar-refractivity contribution in [1.82, 2.24) is 9.80 Å². The van der Waals surface area contributed by atoms with Crippen LogP contribution in [0.5, 0.6) is 5.75 Å². The van der Waals surface area contributed by atoms with Gasteiger partial charge in [-0.05, 0) is 42.3 Å². The van der Waals surface area contributed by atoms with Gasteiger partial charge in [0.05, 0.1) is 6.04 Å². The lowest BCUT2D eigenvalue weighted by Gasteiger charge is -2.40. The first-order valence-electron chi connectivity index (χ1n) is 10.7. The maximum absolute atomic E-state index is 12.9. The predicted octanol–water partition coefficient (Wildman–Crippen LogP) is 5.15. The highest BCUT2D eigenvalue weighted by Crippen LogP contribution is 2.30. The predicted molar refractivity (Wildman–Crippen MR) is 127 cm³/mol. The molecular weight excluding hydrogens is 452 g/mol. The molecule has 1 heterocycles. The molecule has 2 unspecified atom stereocenters. The van der Waals surface area contributed by atoms with Crippen LogP contribution in [0.2, 0.25) is 0 Å². The summed E-state index contributed by atoms with van der Waals surface area (Å²) in [4.78, 5) is 17.3. The molecule has 1 amide bonds. The van der Waals surface area contributed by atoms with Crippen molar-refractivity contribution in [3.8, 4) is 5.75 Å². The molecule has 0 N–H and O–H groups in total. The summed E-state index contributed by atoms with van der Waals surface area (Å²) < 4.78 is 6.92. The van der Waals surface area contributed by atoms with Crippen LogP contribution in [-0.2, 0) is 4.79 Å². The van der Waals surface area contributed by atoms with Crippen molar-refractivity contribution in [3.05, 3.63) is 101 Å². The lowest BCUT2D eigenvalue weighted by molar-refractivity contribution is -0.140. The Morgan fingerprint density at radius 1 is 0.806 bits per heavy atom. The Balaban J connectivity index is 1.44. The fraction of sp³-hybridized carbons (Fsp3) is 0.269. The fourth-order valence-electron chi connectivity index (χ4n) is 4.11. The van der Waals surface area contributed by atoms with Gasteiger partial charge < -0.3 is 9.64 Å². The molecule has 31 heavy (non-hydrogen) atoms. The van der Waals surface area contributed by atoms with E-state index in [4.69, 9.17) is 4.74 Å². The number of benzene rings is 3. The third-order valence-electron chi connectivity index (χ3n) is 5.70. The molecule has 1 aliphatic heterocycles. The quantitative estimate of drug-likeness (QED) is 0.490. The van der Waals surface area contributed by atoms with Crippen LogP contribution >= 0.6 is 15.9 Å². The fourth-order valence-corrected chi connectivity index (χ4v) is 4.37. The molecule has 5 heteroatoms. The zero-order valence-electron chi connectivity index (χ0n) is 17.7. The third-order valence-corrected chi connectivity index (χ3v) is 6.22. The second-order valence-corrected chi connectivity index (χ2v) is 8.71. The number of carbonyl (C=O) groups is 1. The Morgan fingerprint density at radius 2 is 1.35 bits per heavy atom. The van der Waals surface area contributed by atoms with Crippen LogP contribution in [0.4, 0.5) is 0 Å². The van der Waals surface area contributed by atoms with E-state index in [1.807, 2.05) is 48.2 Å². The Hall–Kier alpha value is -2.63. The minimum atomic E-state index is -0.495. The standard InChI is InChI=1S/C26H27BrN2O2/c1-20(31-24-10-6-3-7-11-24)26(30)29-18-16-28(17-19-29)25(21-8-4-2-5-9-21)22-12-14-23(27)15-13-22/h2-15,20,25H,16-19H2,1H3. The molecule has 0 aromatic heterocycles. The minimum absolute atomic E-state index is 0.0448. The monoisotopic (exact) mass is 478 g/mol. The van der Waals surface area contributed by atoms with Crippen molar-refractivity contribution in [2.75, 3.05) is 26.2 Å². The SMILES string of the molecule is CC(Oc1ccccc1)C(=O)N1CCN(C(c2ccccc2)c2ccc(Br)cc2)CC1. The molecule has 2 atom stereocenters. The van der Waals surface area contributed by atoms with Crippen LogP contribution in [0.15, 0.2) is 89.4 Å². The average molecular weight is 479 g/mol. The van der Waals surface area contributed by atoms with Gasteiger partial charge in [-0.3, -0.25) is 9.69 Å². The van der Waals surface area contributed by atoms with E-state index in [9.17, 15) is 4.79 Å². The number of halogens is 1. The Bertz CT molecular complexity index is 971. The molecule has 4 rings (SSSR count). The van der Waals surface area contributed by atoms with E-state index in [0.29, 0.717) is 13.1 Å². The topological polar surface area (TPSA) is 32.8 Å². The van der Waals surface area contributed by atoms with Gasteiger partial charge in [0, 0.05) is 30.7 Å². The van der Waals surface area contributed by atoms with Gasteiger partial charge in [-0.15, -0.1) is 0 Å². The van der Waals surface area contributed by atoms with E-state index in [0.717, 1.165) is 23.3 Å². The highest BCUT2D eigenvalue weighted by Gasteiger charge is 2.30. The van der Waals surface area contributed by atoms with Gasteiger partial charge in [0.25, 0.3) is 5.91 Å². The molecule has 3 aromatic rings. The summed E-state index contributed by atoms with van der Waals surface area (Å²) in [5, 5.41) is 0. The van der Waals surface area contributed by atoms with Crippen LogP contribution in [-0.4, -0.2) is 48.0 Å². The summed E-state index contributed by atoms with van der Waals surface area (Å²) in [7, 11) is 0. The van der Waals surface area contributed by atoms with Gasteiger partial charge >= 0.3 is 0 Å². The first-order chi connectivity index (χ1) is 15.1. The molecule has 3 aromatic carbocycles. The number of piperazine rings is 1. The molecule has 0 saturated carbocycles. The number of hydrogen-bond donors (Lipinski definition) is 0. The van der Waals surface area contributed by atoms with Crippen molar-refractivity contribution in [3.63, 3.8) is 0 Å². The summed E-state index contributed by atoms with van der Waals surface area (Å²) >= 11 is 3.54. The van der Waals surface area contributed by atoms with Crippen molar-refractivity contribution in [2.45, 2.75) is 19.1 Å². The smallest absolute Gasteiger partial charge is 0.263 e. The van der Waals surface area contributed by atoms with Crippen molar-refractivity contribution in [1.29, 1.82) is 0 Å². The Kier molecular flexibility index (Phi) is 7.05. The molecule has 0 spiro atoms. The third kappa shape index (κ3) is 5.35. The Labute approximate surface area is 192 Å². The molecule has 4 nitrogen and oxygen atoms in total. The largest absolute Gasteiger partial charge is 0.481 e. The number of rotatable bonds is 6. The van der Waals surface area contributed by atoms with E-state index in [-0.39, 0.29) is 11.9 Å². The molecule has 0 aliphatic carbocycles. The molecule has 1 aliphatic rings. The average Bonchev–Trinajstić information content (AvgIpc) is 2.82. The summed E-state index contributed by atoms with van der Waals surface area (Å²) in [5.41, 5.74) is 2.53. The molecule has 1 fully saturated rings.